The van der Waals surface area contributed by atoms with Gasteiger partial charge in [-0.2, -0.15) is 0 Å². The minimum atomic E-state index is -1.23. The zero-order valence-electron chi connectivity index (χ0n) is 12.4. The molecule has 5 atom stereocenters. The summed E-state index contributed by atoms with van der Waals surface area (Å²) in [5.41, 5.74) is -0.165. The van der Waals surface area contributed by atoms with Crippen molar-refractivity contribution in [2.45, 2.75) is 24.2 Å². The lowest BCUT2D eigenvalue weighted by atomic mass is 9.74. The molecule has 2 saturated heterocycles. The van der Waals surface area contributed by atoms with E-state index in [1.165, 1.54) is 0 Å². The van der Waals surface area contributed by atoms with Crippen LogP contribution in [0.15, 0.2) is 55.1 Å². The van der Waals surface area contributed by atoms with Crippen molar-refractivity contribution >= 4 is 17.6 Å². The van der Waals surface area contributed by atoms with E-state index >= 15 is 0 Å². The summed E-state index contributed by atoms with van der Waals surface area (Å²) in [4.78, 5) is 26.3. The standard InChI is InChI=1S/C18H17NO4/c1-2-6-13-18-10-9-12(23-18)14(17(21)22)15(18)16(20)19(13)11-7-4-3-5-8-11/h2-5,7-10,12-15H,1,6H2,(H,21,22)/p-1/t12-,13+,14-,15-,18+/m0/s1. The van der Waals surface area contributed by atoms with Crippen molar-refractivity contribution in [1.82, 2.24) is 0 Å². The maximum atomic E-state index is 13.1. The van der Waals surface area contributed by atoms with E-state index < -0.39 is 29.5 Å². The highest BCUT2D eigenvalue weighted by atomic mass is 16.5. The average molecular weight is 310 g/mol. The van der Waals surface area contributed by atoms with Crippen molar-refractivity contribution in [3.63, 3.8) is 0 Å². The monoisotopic (exact) mass is 310 g/mol. The van der Waals surface area contributed by atoms with Crippen LogP contribution in [-0.4, -0.2) is 29.6 Å². The maximum Gasteiger partial charge on any atom is 0.234 e. The topological polar surface area (TPSA) is 69.7 Å². The van der Waals surface area contributed by atoms with Gasteiger partial charge in [0.05, 0.1) is 18.1 Å². The zero-order chi connectivity index (χ0) is 16.2. The molecule has 118 valence electrons. The van der Waals surface area contributed by atoms with Crippen molar-refractivity contribution in [3.05, 3.63) is 55.1 Å². The lowest BCUT2D eigenvalue weighted by Crippen LogP contribution is -2.46. The molecule has 0 aliphatic carbocycles. The van der Waals surface area contributed by atoms with Crippen LogP contribution in [0.1, 0.15) is 6.42 Å². The minimum Gasteiger partial charge on any atom is -0.550 e. The van der Waals surface area contributed by atoms with Crippen molar-refractivity contribution in [1.29, 1.82) is 0 Å². The number of ether oxygens (including phenoxy) is 1. The molecule has 23 heavy (non-hydrogen) atoms. The van der Waals surface area contributed by atoms with E-state index in [-0.39, 0.29) is 11.9 Å². The number of carbonyl (C=O) groups is 2. The Morgan fingerprint density at radius 2 is 2.13 bits per heavy atom. The van der Waals surface area contributed by atoms with E-state index in [4.69, 9.17) is 4.74 Å². The molecule has 4 rings (SSSR count). The van der Waals surface area contributed by atoms with E-state index in [0.717, 1.165) is 5.69 Å². The van der Waals surface area contributed by atoms with E-state index in [9.17, 15) is 14.7 Å². The molecule has 0 N–H and O–H groups in total. The number of fused-ring (bicyclic) bond motifs is 1. The number of aliphatic carboxylic acids is 1. The Morgan fingerprint density at radius 1 is 1.39 bits per heavy atom. The van der Waals surface area contributed by atoms with Crippen LogP contribution in [0.5, 0.6) is 0 Å². The summed E-state index contributed by atoms with van der Waals surface area (Å²) in [6.07, 6.45) is 5.28. The number of hydrogen-bond donors (Lipinski definition) is 0. The van der Waals surface area contributed by atoms with Crippen LogP contribution in [-0.2, 0) is 14.3 Å². The van der Waals surface area contributed by atoms with E-state index in [0.29, 0.717) is 6.42 Å². The SMILES string of the molecule is C=CC[C@H]1N(c2ccccc2)C(=O)[C@@H]2[C@@H](C(=O)[O-])[C@@H]3C=C[C@]21O3. The van der Waals surface area contributed by atoms with Crippen molar-refractivity contribution < 1.29 is 19.4 Å². The molecule has 5 nitrogen and oxygen atoms in total. The lowest BCUT2D eigenvalue weighted by Gasteiger charge is -2.32. The lowest BCUT2D eigenvalue weighted by molar-refractivity contribution is -0.313. The minimum absolute atomic E-state index is 0.218. The first-order valence-corrected chi connectivity index (χ1v) is 7.67. The fourth-order valence-corrected chi connectivity index (χ4v) is 4.26. The van der Waals surface area contributed by atoms with Gasteiger partial charge in [-0.05, 0) is 18.6 Å². The largest absolute Gasteiger partial charge is 0.550 e. The van der Waals surface area contributed by atoms with Crippen molar-refractivity contribution in [2.75, 3.05) is 4.90 Å². The van der Waals surface area contributed by atoms with Gasteiger partial charge in [0, 0.05) is 17.6 Å². The van der Waals surface area contributed by atoms with Crippen LogP contribution in [0.25, 0.3) is 0 Å². The van der Waals surface area contributed by atoms with Gasteiger partial charge in [-0.3, -0.25) is 4.79 Å². The van der Waals surface area contributed by atoms with Crippen LogP contribution >= 0.6 is 0 Å². The average Bonchev–Trinajstić information content (AvgIpc) is 3.18. The summed E-state index contributed by atoms with van der Waals surface area (Å²) >= 11 is 0. The van der Waals surface area contributed by atoms with Gasteiger partial charge in [0.15, 0.2) is 0 Å². The summed E-state index contributed by atoms with van der Waals surface area (Å²) in [5, 5.41) is 11.6. The quantitative estimate of drug-likeness (QED) is 0.766. The van der Waals surface area contributed by atoms with E-state index in [1.54, 1.807) is 17.1 Å². The van der Waals surface area contributed by atoms with Gasteiger partial charge in [-0.1, -0.05) is 36.4 Å². The predicted octanol–water partition coefficient (Wildman–Crippen LogP) is 0.668. The summed E-state index contributed by atoms with van der Waals surface area (Å²) < 4.78 is 6.00. The predicted molar refractivity (Wildman–Crippen MR) is 81.3 cm³/mol. The molecule has 0 saturated carbocycles. The van der Waals surface area contributed by atoms with Crippen LogP contribution in [0.4, 0.5) is 5.69 Å². The molecule has 5 heteroatoms. The number of para-hydroxylation sites is 1. The highest BCUT2D eigenvalue weighted by Gasteiger charge is 2.69. The van der Waals surface area contributed by atoms with Crippen LogP contribution in [0.3, 0.4) is 0 Å². The molecule has 2 bridgehead atoms. The number of amides is 1. The third-order valence-corrected chi connectivity index (χ3v) is 5.12. The number of carboxylic acid groups (broad SMARTS) is 1. The summed E-state index contributed by atoms with van der Waals surface area (Å²) in [6.45, 7) is 3.78. The van der Waals surface area contributed by atoms with Crippen LogP contribution in [0.2, 0.25) is 0 Å². The van der Waals surface area contributed by atoms with Gasteiger partial charge < -0.3 is 19.5 Å². The third-order valence-electron chi connectivity index (χ3n) is 5.12. The summed E-state index contributed by atoms with van der Waals surface area (Å²) in [6, 6.07) is 8.96. The molecular formula is C18H16NO4-. The van der Waals surface area contributed by atoms with Gasteiger partial charge in [0.1, 0.15) is 5.60 Å². The summed E-state index contributed by atoms with van der Waals surface area (Å²) in [5.74, 6) is -3.13. The van der Waals surface area contributed by atoms with Crippen LogP contribution < -0.4 is 10.0 Å². The first-order chi connectivity index (χ1) is 11.1. The van der Waals surface area contributed by atoms with Gasteiger partial charge in [0.2, 0.25) is 5.91 Å². The van der Waals surface area contributed by atoms with Gasteiger partial charge in [-0.25, -0.2) is 0 Å². The Kier molecular flexibility index (Phi) is 2.96. The molecule has 1 aromatic rings. The second-order valence-electron chi connectivity index (χ2n) is 6.20. The van der Waals surface area contributed by atoms with Crippen LogP contribution in [0, 0.1) is 11.8 Å². The van der Waals surface area contributed by atoms with Gasteiger partial charge in [-0.15, -0.1) is 6.58 Å². The Balaban J connectivity index is 1.85. The molecule has 1 spiro atoms. The van der Waals surface area contributed by atoms with Gasteiger partial charge >= 0.3 is 0 Å². The highest BCUT2D eigenvalue weighted by molar-refractivity contribution is 6.03. The molecule has 3 aliphatic rings. The number of carbonyl (C=O) groups excluding carboxylic acids is 2. The maximum absolute atomic E-state index is 13.1. The third kappa shape index (κ3) is 1.71. The zero-order valence-corrected chi connectivity index (χ0v) is 12.4. The first-order valence-electron chi connectivity index (χ1n) is 7.67. The van der Waals surface area contributed by atoms with Crippen molar-refractivity contribution in [2.24, 2.45) is 11.8 Å². The molecule has 1 amide bonds. The number of hydrogen-bond acceptors (Lipinski definition) is 4. The Labute approximate surface area is 133 Å². The number of nitrogens with zero attached hydrogens (tertiary/aromatic N) is 1. The highest BCUT2D eigenvalue weighted by Crippen LogP contribution is 2.56. The smallest absolute Gasteiger partial charge is 0.234 e. The number of benzene rings is 1. The molecule has 0 unspecified atom stereocenters. The van der Waals surface area contributed by atoms with Crippen molar-refractivity contribution in [3.8, 4) is 0 Å². The number of rotatable bonds is 4. The number of anilines is 1. The first kappa shape index (κ1) is 14.2. The molecule has 3 aliphatic heterocycles. The van der Waals surface area contributed by atoms with Gasteiger partial charge in [0.25, 0.3) is 0 Å². The fourth-order valence-electron chi connectivity index (χ4n) is 4.26. The van der Waals surface area contributed by atoms with E-state index in [1.807, 2.05) is 36.4 Å². The Morgan fingerprint density at radius 3 is 2.78 bits per heavy atom. The molecular weight excluding hydrogens is 294 g/mol. The normalized spacial score (nSPS) is 37.2. The fraction of sp³-hybridized carbons (Fsp3) is 0.333. The number of carboxylic acids is 1. The second-order valence-corrected chi connectivity index (χ2v) is 6.20. The Hall–Kier alpha value is -2.40. The summed E-state index contributed by atoms with van der Waals surface area (Å²) in [7, 11) is 0. The molecule has 1 aromatic carbocycles. The second kappa shape index (κ2) is 4.80. The molecule has 3 heterocycles. The molecule has 0 aromatic heterocycles. The molecule has 0 radical (unpaired) electrons. The van der Waals surface area contributed by atoms with E-state index in [2.05, 4.69) is 6.58 Å². The molecule has 2 fully saturated rings. The Bertz CT molecular complexity index is 713.